The Labute approximate surface area is 102 Å². The summed E-state index contributed by atoms with van der Waals surface area (Å²) in [5.41, 5.74) is 7.55. The Balaban J connectivity index is 2.47. The molecule has 0 amide bonds. The Morgan fingerprint density at radius 3 is 3.00 bits per heavy atom. The molecular weight excluding hydrogens is 232 g/mol. The SMILES string of the molecule is COC(=O)c1cccc2c1[nH]c1ncnc(N)c12. The molecule has 0 fully saturated rings. The molecule has 0 saturated heterocycles. The lowest BCUT2D eigenvalue weighted by molar-refractivity contribution is 0.0603. The van der Waals surface area contributed by atoms with Gasteiger partial charge in [0.2, 0.25) is 0 Å². The highest BCUT2D eigenvalue weighted by molar-refractivity contribution is 6.15. The number of rotatable bonds is 1. The van der Waals surface area contributed by atoms with E-state index in [1.54, 1.807) is 12.1 Å². The molecule has 0 radical (unpaired) electrons. The van der Waals surface area contributed by atoms with E-state index in [4.69, 9.17) is 10.5 Å². The summed E-state index contributed by atoms with van der Waals surface area (Å²) in [4.78, 5) is 22.8. The Hall–Kier alpha value is -2.63. The van der Waals surface area contributed by atoms with Crippen molar-refractivity contribution in [3.63, 3.8) is 0 Å². The Bertz CT molecular complexity index is 763. The van der Waals surface area contributed by atoms with Crippen molar-refractivity contribution < 1.29 is 9.53 Å². The first-order valence-corrected chi connectivity index (χ1v) is 5.31. The first-order valence-electron chi connectivity index (χ1n) is 5.31. The van der Waals surface area contributed by atoms with E-state index < -0.39 is 5.97 Å². The van der Waals surface area contributed by atoms with Crippen molar-refractivity contribution in [1.82, 2.24) is 15.0 Å². The molecule has 18 heavy (non-hydrogen) atoms. The predicted molar refractivity (Wildman–Crippen MR) is 67.1 cm³/mol. The minimum Gasteiger partial charge on any atom is -0.465 e. The lowest BCUT2D eigenvalue weighted by Gasteiger charge is -2.00. The van der Waals surface area contributed by atoms with Gasteiger partial charge in [0.15, 0.2) is 0 Å². The average molecular weight is 242 g/mol. The number of hydrogen-bond acceptors (Lipinski definition) is 5. The van der Waals surface area contributed by atoms with Crippen LogP contribution >= 0.6 is 0 Å². The highest BCUT2D eigenvalue weighted by Gasteiger charge is 2.15. The number of nitrogens with two attached hydrogens (primary N) is 1. The van der Waals surface area contributed by atoms with Crippen LogP contribution < -0.4 is 5.73 Å². The molecule has 2 heterocycles. The molecule has 0 unspecified atom stereocenters. The van der Waals surface area contributed by atoms with E-state index in [9.17, 15) is 4.79 Å². The van der Waals surface area contributed by atoms with Crippen molar-refractivity contribution in [3.8, 4) is 0 Å². The van der Waals surface area contributed by atoms with E-state index in [1.807, 2.05) is 6.07 Å². The van der Waals surface area contributed by atoms with E-state index in [0.717, 1.165) is 10.8 Å². The number of nitrogens with zero attached hydrogens (tertiary/aromatic N) is 2. The molecule has 0 aliphatic heterocycles. The number of methoxy groups -OCH3 is 1. The van der Waals surface area contributed by atoms with E-state index in [0.29, 0.717) is 22.5 Å². The largest absolute Gasteiger partial charge is 0.465 e. The van der Waals surface area contributed by atoms with Crippen molar-refractivity contribution >= 4 is 33.7 Å². The number of fused-ring (bicyclic) bond motifs is 3. The van der Waals surface area contributed by atoms with Crippen LogP contribution in [0.2, 0.25) is 0 Å². The Morgan fingerprint density at radius 1 is 1.39 bits per heavy atom. The van der Waals surface area contributed by atoms with Crippen LogP contribution in [0, 0.1) is 0 Å². The van der Waals surface area contributed by atoms with Gasteiger partial charge in [0, 0.05) is 5.39 Å². The molecule has 1 aromatic carbocycles. The highest BCUT2D eigenvalue weighted by atomic mass is 16.5. The number of esters is 1. The molecule has 0 aliphatic carbocycles. The maximum absolute atomic E-state index is 11.7. The molecule has 90 valence electrons. The molecule has 3 N–H and O–H groups in total. The molecule has 0 bridgehead atoms. The lowest BCUT2D eigenvalue weighted by Crippen LogP contribution is -2.01. The second kappa shape index (κ2) is 3.69. The standard InChI is InChI=1S/C12H10N4O2/c1-18-12(17)7-4-2-3-6-8-10(13)14-5-15-11(8)16-9(6)7/h2-5H,1H3,(H3,13,14,15,16). The van der Waals surface area contributed by atoms with Gasteiger partial charge in [-0.25, -0.2) is 14.8 Å². The summed E-state index contributed by atoms with van der Waals surface area (Å²) in [6.07, 6.45) is 1.38. The van der Waals surface area contributed by atoms with E-state index in [2.05, 4.69) is 15.0 Å². The molecule has 6 heteroatoms. The van der Waals surface area contributed by atoms with E-state index >= 15 is 0 Å². The quantitative estimate of drug-likeness (QED) is 0.630. The molecule has 0 atom stereocenters. The first-order chi connectivity index (χ1) is 8.72. The monoisotopic (exact) mass is 242 g/mol. The molecule has 3 aromatic rings. The van der Waals surface area contributed by atoms with Crippen LogP contribution in [0.3, 0.4) is 0 Å². The zero-order chi connectivity index (χ0) is 12.7. The molecule has 0 aliphatic rings. The normalized spacial score (nSPS) is 10.9. The third kappa shape index (κ3) is 1.32. The fourth-order valence-corrected chi connectivity index (χ4v) is 2.05. The van der Waals surface area contributed by atoms with Crippen LogP contribution in [0.4, 0.5) is 5.82 Å². The van der Waals surface area contributed by atoms with E-state index in [1.165, 1.54) is 13.4 Å². The smallest absolute Gasteiger partial charge is 0.339 e. The number of hydrogen-bond donors (Lipinski definition) is 2. The third-order valence-electron chi connectivity index (χ3n) is 2.86. The van der Waals surface area contributed by atoms with Crippen LogP contribution in [-0.4, -0.2) is 28.0 Å². The minimum absolute atomic E-state index is 0.383. The lowest BCUT2D eigenvalue weighted by atomic mass is 10.1. The fourth-order valence-electron chi connectivity index (χ4n) is 2.05. The number of para-hydroxylation sites is 1. The number of benzene rings is 1. The number of H-pyrrole nitrogens is 1. The zero-order valence-electron chi connectivity index (χ0n) is 9.60. The summed E-state index contributed by atoms with van der Waals surface area (Å²) in [5.74, 6) is -0.0213. The molecule has 2 aromatic heterocycles. The van der Waals surface area contributed by atoms with Crippen molar-refractivity contribution in [2.45, 2.75) is 0 Å². The van der Waals surface area contributed by atoms with Gasteiger partial charge in [-0.3, -0.25) is 0 Å². The number of aromatic amines is 1. The Kier molecular flexibility index (Phi) is 2.16. The van der Waals surface area contributed by atoms with Crippen LogP contribution in [0.25, 0.3) is 21.9 Å². The summed E-state index contributed by atoms with van der Waals surface area (Å²) in [7, 11) is 1.35. The fraction of sp³-hybridized carbons (Fsp3) is 0.0833. The van der Waals surface area contributed by atoms with Crippen LogP contribution in [0.5, 0.6) is 0 Å². The van der Waals surface area contributed by atoms with Crippen molar-refractivity contribution in [2.75, 3.05) is 12.8 Å². The van der Waals surface area contributed by atoms with Gasteiger partial charge in [-0.15, -0.1) is 0 Å². The van der Waals surface area contributed by atoms with E-state index in [-0.39, 0.29) is 0 Å². The van der Waals surface area contributed by atoms with Crippen molar-refractivity contribution in [3.05, 3.63) is 30.1 Å². The molecule has 3 rings (SSSR count). The number of nitrogens with one attached hydrogen (secondary N) is 1. The van der Waals surface area contributed by atoms with Gasteiger partial charge >= 0.3 is 5.97 Å². The average Bonchev–Trinajstić information content (AvgIpc) is 2.77. The summed E-state index contributed by atoms with van der Waals surface area (Å²) < 4.78 is 4.74. The number of carbonyl (C=O) groups excluding carboxylic acids is 1. The van der Waals surface area contributed by atoms with Crippen molar-refractivity contribution in [2.24, 2.45) is 0 Å². The number of anilines is 1. The van der Waals surface area contributed by atoms with Gasteiger partial charge in [0.25, 0.3) is 0 Å². The number of ether oxygens (including phenoxy) is 1. The predicted octanol–water partition coefficient (Wildman–Crippen LogP) is 1.48. The molecule has 0 saturated carbocycles. The van der Waals surface area contributed by atoms with Crippen LogP contribution in [0.15, 0.2) is 24.5 Å². The first kappa shape index (κ1) is 10.5. The number of carbonyl (C=O) groups is 1. The zero-order valence-corrected chi connectivity index (χ0v) is 9.60. The molecule has 0 spiro atoms. The number of aromatic nitrogens is 3. The van der Waals surface area contributed by atoms with Gasteiger partial charge in [-0.2, -0.15) is 0 Å². The minimum atomic E-state index is -0.404. The third-order valence-corrected chi connectivity index (χ3v) is 2.86. The molecular formula is C12H10N4O2. The second-order valence-corrected chi connectivity index (χ2v) is 3.83. The Morgan fingerprint density at radius 2 is 2.22 bits per heavy atom. The summed E-state index contributed by atoms with van der Waals surface area (Å²) in [6, 6.07) is 5.32. The second-order valence-electron chi connectivity index (χ2n) is 3.83. The number of nitrogen functional groups attached to an aromatic ring is 1. The van der Waals surface area contributed by atoms with Gasteiger partial charge < -0.3 is 15.5 Å². The van der Waals surface area contributed by atoms with Gasteiger partial charge in [0.1, 0.15) is 17.8 Å². The van der Waals surface area contributed by atoms with Crippen LogP contribution in [0.1, 0.15) is 10.4 Å². The topological polar surface area (TPSA) is 93.9 Å². The maximum atomic E-state index is 11.7. The highest BCUT2D eigenvalue weighted by Crippen LogP contribution is 2.29. The van der Waals surface area contributed by atoms with Crippen LogP contribution in [-0.2, 0) is 4.74 Å². The van der Waals surface area contributed by atoms with Gasteiger partial charge in [-0.1, -0.05) is 12.1 Å². The van der Waals surface area contributed by atoms with Gasteiger partial charge in [-0.05, 0) is 6.07 Å². The summed E-state index contributed by atoms with van der Waals surface area (Å²) in [5, 5.41) is 1.53. The molecule has 6 nitrogen and oxygen atoms in total. The van der Waals surface area contributed by atoms with Crippen molar-refractivity contribution in [1.29, 1.82) is 0 Å². The maximum Gasteiger partial charge on any atom is 0.339 e. The summed E-state index contributed by atoms with van der Waals surface area (Å²) in [6.45, 7) is 0. The van der Waals surface area contributed by atoms with Gasteiger partial charge in [0.05, 0.1) is 23.6 Å². The summed E-state index contributed by atoms with van der Waals surface area (Å²) >= 11 is 0.